The van der Waals surface area contributed by atoms with Crippen LogP contribution in [0.1, 0.15) is 36.8 Å². The first-order chi connectivity index (χ1) is 8.83. The van der Waals surface area contributed by atoms with Crippen LogP contribution in [0.2, 0.25) is 0 Å². The Bertz CT molecular complexity index is 477. The molecule has 0 fully saturated rings. The SMILES string of the molecule is CCOC(=O)c1c(NC(=O)C(C)(C)OC)c[nH]c1C. The third kappa shape index (κ3) is 3.35. The average Bonchev–Trinajstić information content (AvgIpc) is 2.70. The number of aromatic amines is 1. The minimum atomic E-state index is -0.975. The van der Waals surface area contributed by atoms with Gasteiger partial charge in [0.05, 0.1) is 12.3 Å². The number of amides is 1. The lowest BCUT2D eigenvalue weighted by Crippen LogP contribution is -2.39. The minimum absolute atomic E-state index is 0.278. The van der Waals surface area contributed by atoms with Gasteiger partial charge in [0.15, 0.2) is 0 Å². The van der Waals surface area contributed by atoms with Crippen LogP contribution in [0.25, 0.3) is 0 Å². The van der Waals surface area contributed by atoms with Gasteiger partial charge >= 0.3 is 5.97 Å². The van der Waals surface area contributed by atoms with Crippen LogP contribution in [0.3, 0.4) is 0 Å². The van der Waals surface area contributed by atoms with Gasteiger partial charge < -0.3 is 19.8 Å². The lowest BCUT2D eigenvalue weighted by Gasteiger charge is -2.21. The van der Waals surface area contributed by atoms with Crippen molar-refractivity contribution in [2.45, 2.75) is 33.3 Å². The summed E-state index contributed by atoms with van der Waals surface area (Å²) in [5.41, 5.74) is 0.397. The standard InChI is InChI=1S/C13H20N2O4/c1-6-19-11(16)10-8(2)14-7-9(10)15-12(17)13(3,4)18-5/h7,14H,6H2,1-5H3,(H,15,17). The number of anilines is 1. The molecular weight excluding hydrogens is 248 g/mol. The van der Waals surface area contributed by atoms with E-state index in [1.54, 1.807) is 33.9 Å². The summed E-state index contributed by atoms with van der Waals surface area (Å²) in [5.74, 6) is -0.800. The largest absolute Gasteiger partial charge is 0.462 e. The van der Waals surface area contributed by atoms with Crippen molar-refractivity contribution < 1.29 is 19.1 Å². The summed E-state index contributed by atoms with van der Waals surface area (Å²) < 4.78 is 10.0. The molecule has 6 nitrogen and oxygen atoms in total. The molecule has 0 aliphatic carbocycles. The number of hydrogen-bond acceptors (Lipinski definition) is 4. The third-order valence-electron chi connectivity index (χ3n) is 2.86. The second kappa shape index (κ2) is 5.88. The van der Waals surface area contributed by atoms with Crippen molar-refractivity contribution in [3.8, 4) is 0 Å². The van der Waals surface area contributed by atoms with E-state index in [2.05, 4.69) is 10.3 Å². The quantitative estimate of drug-likeness (QED) is 0.799. The number of nitrogens with one attached hydrogen (secondary N) is 2. The monoisotopic (exact) mass is 268 g/mol. The zero-order valence-corrected chi connectivity index (χ0v) is 11.9. The summed E-state index contributed by atoms with van der Waals surface area (Å²) in [6.45, 7) is 7.04. The van der Waals surface area contributed by atoms with Gasteiger partial charge in [0, 0.05) is 19.0 Å². The van der Waals surface area contributed by atoms with Crippen molar-refractivity contribution in [3.05, 3.63) is 17.5 Å². The molecule has 0 radical (unpaired) electrons. The number of aryl methyl sites for hydroxylation is 1. The molecule has 0 saturated carbocycles. The molecule has 0 atom stereocenters. The van der Waals surface area contributed by atoms with Crippen molar-refractivity contribution in [3.63, 3.8) is 0 Å². The van der Waals surface area contributed by atoms with Crippen molar-refractivity contribution >= 4 is 17.6 Å². The number of esters is 1. The second-order valence-corrected chi connectivity index (χ2v) is 4.59. The Morgan fingerprint density at radius 2 is 2.05 bits per heavy atom. The van der Waals surface area contributed by atoms with Crippen LogP contribution in [0, 0.1) is 6.92 Å². The predicted molar refractivity (Wildman–Crippen MR) is 71.2 cm³/mol. The highest BCUT2D eigenvalue weighted by Crippen LogP contribution is 2.22. The van der Waals surface area contributed by atoms with Gasteiger partial charge in [-0.3, -0.25) is 4.79 Å². The number of methoxy groups -OCH3 is 1. The highest BCUT2D eigenvalue weighted by Gasteiger charge is 2.29. The Morgan fingerprint density at radius 1 is 1.42 bits per heavy atom. The van der Waals surface area contributed by atoms with E-state index in [-0.39, 0.29) is 12.5 Å². The summed E-state index contributed by atoms with van der Waals surface area (Å²) in [7, 11) is 1.45. The Morgan fingerprint density at radius 3 is 2.58 bits per heavy atom. The molecule has 0 bridgehead atoms. The van der Waals surface area contributed by atoms with Gasteiger partial charge in [0.2, 0.25) is 0 Å². The Balaban J connectivity index is 2.97. The summed E-state index contributed by atoms with van der Waals surface area (Å²) in [5, 5.41) is 2.67. The molecular formula is C13H20N2O4. The van der Waals surface area contributed by atoms with Crippen LogP contribution in [0.4, 0.5) is 5.69 Å². The van der Waals surface area contributed by atoms with Gasteiger partial charge in [0.25, 0.3) is 5.91 Å². The predicted octanol–water partition coefficient (Wildman–Crippen LogP) is 1.86. The maximum absolute atomic E-state index is 12.0. The molecule has 0 saturated heterocycles. The Hall–Kier alpha value is -1.82. The summed E-state index contributed by atoms with van der Waals surface area (Å²) in [4.78, 5) is 26.7. The van der Waals surface area contributed by atoms with Gasteiger partial charge in [-0.2, -0.15) is 0 Å². The van der Waals surface area contributed by atoms with E-state index in [0.29, 0.717) is 16.9 Å². The van der Waals surface area contributed by atoms with Crippen molar-refractivity contribution in [1.82, 2.24) is 4.98 Å². The van der Waals surface area contributed by atoms with E-state index in [4.69, 9.17) is 9.47 Å². The van der Waals surface area contributed by atoms with Crippen LogP contribution in [-0.4, -0.2) is 36.2 Å². The summed E-state index contributed by atoms with van der Waals surface area (Å²) in [6, 6.07) is 0. The number of carbonyl (C=O) groups is 2. The van der Waals surface area contributed by atoms with Gasteiger partial charge in [-0.15, -0.1) is 0 Å². The van der Waals surface area contributed by atoms with Gasteiger partial charge in [-0.1, -0.05) is 0 Å². The molecule has 1 amide bonds. The molecule has 0 aliphatic heterocycles. The fourth-order valence-corrected chi connectivity index (χ4v) is 1.46. The molecule has 2 N–H and O–H groups in total. The van der Waals surface area contributed by atoms with E-state index in [1.165, 1.54) is 7.11 Å². The van der Waals surface area contributed by atoms with Gasteiger partial charge in [0.1, 0.15) is 11.2 Å². The van der Waals surface area contributed by atoms with Gasteiger partial charge in [-0.05, 0) is 27.7 Å². The first-order valence-electron chi connectivity index (χ1n) is 6.05. The van der Waals surface area contributed by atoms with E-state index in [9.17, 15) is 9.59 Å². The minimum Gasteiger partial charge on any atom is -0.462 e. The van der Waals surface area contributed by atoms with Crippen LogP contribution < -0.4 is 5.32 Å². The highest BCUT2D eigenvalue weighted by molar-refractivity contribution is 6.04. The molecule has 106 valence electrons. The normalized spacial score (nSPS) is 11.2. The zero-order valence-electron chi connectivity index (χ0n) is 11.9. The Kier molecular flexibility index (Phi) is 4.72. The summed E-state index contributed by atoms with van der Waals surface area (Å²) >= 11 is 0. The molecule has 1 aromatic heterocycles. The lowest BCUT2D eigenvalue weighted by molar-refractivity contribution is -0.133. The number of carbonyl (C=O) groups excluding carboxylic acids is 2. The summed E-state index contributed by atoms with van der Waals surface area (Å²) in [6.07, 6.45) is 1.56. The Labute approximate surface area is 112 Å². The number of ether oxygens (including phenoxy) is 2. The molecule has 19 heavy (non-hydrogen) atoms. The average molecular weight is 268 g/mol. The molecule has 1 aromatic rings. The maximum atomic E-state index is 12.0. The van der Waals surface area contributed by atoms with E-state index >= 15 is 0 Å². The molecule has 0 spiro atoms. The lowest BCUT2D eigenvalue weighted by atomic mass is 10.1. The number of rotatable bonds is 5. The number of H-pyrrole nitrogens is 1. The first kappa shape index (κ1) is 15.2. The van der Waals surface area contributed by atoms with Crippen molar-refractivity contribution in [2.24, 2.45) is 0 Å². The van der Waals surface area contributed by atoms with Crippen LogP contribution >= 0.6 is 0 Å². The van der Waals surface area contributed by atoms with Crippen molar-refractivity contribution in [2.75, 3.05) is 19.0 Å². The third-order valence-corrected chi connectivity index (χ3v) is 2.86. The highest BCUT2D eigenvalue weighted by atomic mass is 16.5. The molecule has 1 rings (SSSR count). The number of aromatic nitrogens is 1. The molecule has 0 aliphatic rings. The number of hydrogen-bond donors (Lipinski definition) is 2. The smallest absolute Gasteiger partial charge is 0.342 e. The van der Waals surface area contributed by atoms with Crippen LogP contribution in [0.5, 0.6) is 0 Å². The van der Waals surface area contributed by atoms with E-state index < -0.39 is 11.6 Å². The van der Waals surface area contributed by atoms with Gasteiger partial charge in [-0.25, -0.2) is 4.79 Å². The maximum Gasteiger partial charge on any atom is 0.342 e. The molecule has 6 heteroatoms. The fraction of sp³-hybridized carbons (Fsp3) is 0.538. The zero-order chi connectivity index (χ0) is 14.6. The fourth-order valence-electron chi connectivity index (χ4n) is 1.46. The molecule has 0 unspecified atom stereocenters. The second-order valence-electron chi connectivity index (χ2n) is 4.59. The van der Waals surface area contributed by atoms with Crippen LogP contribution in [0.15, 0.2) is 6.20 Å². The topological polar surface area (TPSA) is 80.4 Å². The molecule has 0 aromatic carbocycles. The molecule has 1 heterocycles. The van der Waals surface area contributed by atoms with E-state index in [1.807, 2.05) is 0 Å². The van der Waals surface area contributed by atoms with Crippen molar-refractivity contribution in [1.29, 1.82) is 0 Å². The van der Waals surface area contributed by atoms with E-state index in [0.717, 1.165) is 0 Å². The first-order valence-corrected chi connectivity index (χ1v) is 6.05. The van der Waals surface area contributed by atoms with Crippen LogP contribution in [-0.2, 0) is 14.3 Å².